The van der Waals surface area contributed by atoms with Crippen LogP contribution in [-0.4, -0.2) is 13.5 Å². The zero-order chi connectivity index (χ0) is 10.9. The molecule has 0 fully saturated rings. The number of primary sulfonamides is 1. The van der Waals surface area contributed by atoms with Crippen molar-refractivity contribution >= 4 is 15.7 Å². The van der Waals surface area contributed by atoms with E-state index >= 15 is 0 Å². The van der Waals surface area contributed by atoms with Crippen LogP contribution in [0.5, 0.6) is 0 Å². The molecular weight excluding hydrogens is 204 g/mol. The summed E-state index contributed by atoms with van der Waals surface area (Å²) >= 11 is 0. The van der Waals surface area contributed by atoms with Crippen molar-refractivity contribution in [3.8, 4) is 0 Å². The van der Waals surface area contributed by atoms with Gasteiger partial charge < -0.3 is 10.8 Å². The van der Waals surface area contributed by atoms with Crippen LogP contribution in [0.2, 0.25) is 0 Å². The largest absolute Gasteiger partial charge is 0.398 e. The highest BCUT2D eigenvalue weighted by atomic mass is 32.2. The highest BCUT2D eigenvalue weighted by Crippen LogP contribution is 2.21. The number of nitrogen functional groups attached to an aromatic ring is 1. The van der Waals surface area contributed by atoms with E-state index < -0.39 is 16.1 Å². The van der Waals surface area contributed by atoms with Crippen molar-refractivity contribution in [1.29, 1.82) is 0 Å². The van der Waals surface area contributed by atoms with Gasteiger partial charge in [-0.2, -0.15) is 0 Å². The van der Waals surface area contributed by atoms with Gasteiger partial charge in [0.2, 0.25) is 10.0 Å². The number of sulfonamides is 1. The molecule has 0 saturated carbocycles. The second kappa shape index (κ2) is 3.56. The molecule has 0 saturated heterocycles. The molecule has 0 aliphatic rings. The molecule has 0 amide bonds. The molecule has 0 spiro atoms. The lowest BCUT2D eigenvalue weighted by atomic mass is 10.1. The van der Waals surface area contributed by atoms with Gasteiger partial charge in [0.05, 0.1) is 11.8 Å². The van der Waals surface area contributed by atoms with Gasteiger partial charge in [0.15, 0.2) is 0 Å². The summed E-state index contributed by atoms with van der Waals surface area (Å²) in [5, 5.41) is 14.2. The molecular formula is C8H12N2O3S. The van der Waals surface area contributed by atoms with Crippen LogP contribution in [0.3, 0.4) is 0 Å². The van der Waals surface area contributed by atoms with E-state index in [4.69, 9.17) is 10.9 Å². The molecule has 1 rings (SSSR count). The lowest BCUT2D eigenvalue weighted by Crippen LogP contribution is -2.14. The molecule has 1 aromatic rings. The predicted octanol–water partition coefficient (Wildman–Crippen LogP) is -0.0305. The normalized spacial score (nSPS) is 13.9. The molecule has 1 atom stereocenters. The van der Waals surface area contributed by atoms with Gasteiger partial charge >= 0.3 is 0 Å². The van der Waals surface area contributed by atoms with Crippen LogP contribution in [0, 0.1) is 0 Å². The molecule has 1 unspecified atom stereocenters. The maximum absolute atomic E-state index is 11.0. The zero-order valence-corrected chi connectivity index (χ0v) is 8.45. The minimum atomic E-state index is -3.83. The highest BCUT2D eigenvalue weighted by molar-refractivity contribution is 7.89. The van der Waals surface area contributed by atoms with Crippen molar-refractivity contribution in [2.75, 3.05) is 5.73 Å². The first kappa shape index (κ1) is 11.0. The molecule has 0 bridgehead atoms. The zero-order valence-electron chi connectivity index (χ0n) is 7.64. The molecule has 5 N–H and O–H groups in total. The van der Waals surface area contributed by atoms with Gasteiger partial charge in [-0.05, 0) is 24.6 Å². The highest BCUT2D eigenvalue weighted by Gasteiger charge is 2.14. The Kier molecular flexibility index (Phi) is 2.79. The van der Waals surface area contributed by atoms with Crippen LogP contribution in [0.25, 0.3) is 0 Å². The molecule has 0 heterocycles. The third-order valence-electron chi connectivity index (χ3n) is 1.83. The van der Waals surface area contributed by atoms with Gasteiger partial charge in [-0.3, -0.25) is 0 Å². The van der Waals surface area contributed by atoms with Gasteiger partial charge in [0, 0.05) is 0 Å². The predicted molar refractivity (Wildman–Crippen MR) is 52.9 cm³/mol. The Morgan fingerprint density at radius 1 is 1.43 bits per heavy atom. The minimum absolute atomic E-state index is 0.0805. The first-order chi connectivity index (χ1) is 6.32. The maximum atomic E-state index is 11.0. The molecule has 0 aromatic heterocycles. The van der Waals surface area contributed by atoms with E-state index in [1.54, 1.807) is 6.07 Å². The fourth-order valence-corrected chi connectivity index (χ4v) is 1.75. The summed E-state index contributed by atoms with van der Waals surface area (Å²) in [6.45, 7) is 1.53. The average Bonchev–Trinajstić information content (AvgIpc) is 2.02. The van der Waals surface area contributed by atoms with Gasteiger partial charge in [0.25, 0.3) is 0 Å². The Balaban J connectivity index is 3.37. The summed E-state index contributed by atoms with van der Waals surface area (Å²) in [4.78, 5) is -0.157. The molecule has 5 nitrogen and oxygen atoms in total. The number of rotatable bonds is 2. The van der Waals surface area contributed by atoms with Gasteiger partial charge in [-0.25, -0.2) is 13.6 Å². The second-order valence-corrected chi connectivity index (χ2v) is 4.55. The van der Waals surface area contributed by atoms with E-state index in [1.807, 2.05) is 0 Å². The Morgan fingerprint density at radius 2 is 2.00 bits per heavy atom. The Bertz CT molecular complexity index is 440. The monoisotopic (exact) mass is 216 g/mol. The number of aliphatic hydroxyl groups excluding tert-OH is 1. The number of hydrogen-bond acceptors (Lipinski definition) is 4. The number of hydrogen-bond donors (Lipinski definition) is 3. The van der Waals surface area contributed by atoms with Crippen molar-refractivity contribution in [2.45, 2.75) is 17.9 Å². The number of anilines is 1. The SMILES string of the molecule is CC(O)c1ccc(N)c(S(N)(=O)=O)c1. The Labute approximate surface area is 82.4 Å². The third-order valence-corrected chi connectivity index (χ3v) is 2.79. The van der Waals surface area contributed by atoms with Crippen LogP contribution >= 0.6 is 0 Å². The molecule has 6 heteroatoms. The molecule has 14 heavy (non-hydrogen) atoms. The maximum Gasteiger partial charge on any atom is 0.240 e. The summed E-state index contributed by atoms with van der Waals surface area (Å²) in [7, 11) is -3.83. The van der Waals surface area contributed by atoms with Crippen LogP contribution in [0.1, 0.15) is 18.6 Å². The Morgan fingerprint density at radius 3 is 2.43 bits per heavy atom. The first-order valence-corrected chi connectivity index (χ1v) is 5.47. The topological polar surface area (TPSA) is 106 Å². The van der Waals surface area contributed by atoms with Crippen LogP contribution in [0.4, 0.5) is 5.69 Å². The van der Waals surface area contributed by atoms with Gasteiger partial charge in [-0.15, -0.1) is 0 Å². The van der Waals surface area contributed by atoms with E-state index in [9.17, 15) is 13.5 Å². The molecule has 0 radical (unpaired) electrons. The number of nitrogens with two attached hydrogens (primary N) is 2. The number of benzene rings is 1. The summed E-state index contributed by atoms with van der Waals surface area (Å²) in [5.41, 5.74) is 5.98. The number of aliphatic hydroxyl groups is 1. The van der Waals surface area contributed by atoms with E-state index in [-0.39, 0.29) is 10.6 Å². The smallest absolute Gasteiger partial charge is 0.240 e. The Hall–Kier alpha value is -1.11. The molecule has 0 aliphatic carbocycles. The standard InChI is InChI=1S/C8H12N2O3S/c1-5(11)6-2-3-7(9)8(4-6)14(10,12)13/h2-5,11H,9H2,1H3,(H2,10,12,13). The lowest BCUT2D eigenvalue weighted by Gasteiger charge is -2.08. The van der Waals surface area contributed by atoms with Crippen molar-refractivity contribution in [1.82, 2.24) is 0 Å². The van der Waals surface area contributed by atoms with Crippen molar-refractivity contribution in [2.24, 2.45) is 5.14 Å². The lowest BCUT2D eigenvalue weighted by molar-refractivity contribution is 0.199. The van der Waals surface area contributed by atoms with Crippen LogP contribution in [0.15, 0.2) is 23.1 Å². The van der Waals surface area contributed by atoms with E-state index in [2.05, 4.69) is 0 Å². The summed E-state index contributed by atoms with van der Waals surface area (Å²) < 4.78 is 22.1. The van der Waals surface area contributed by atoms with E-state index in [0.717, 1.165) is 0 Å². The summed E-state index contributed by atoms with van der Waals surface area (Å²) in [5.74, 6) is 0. The van der Waals surface area contributed by atoms with E-state index in [0.29, 0.717) is 5.56 Å². The van der Waals surface area contributed by atoms with E-state index in [1.165, 1.54) is 19.1 Å². The van der Waals surface area contributed by atoms with Crippen LogP contribution in [-0.2, 0) is 10.0 Å². The third kappa shape index (κ3) is 2.22. The fourth-order valence-electron chi connectivity index (χ4n) is 1.06. The molecule has 78 valence electrons. The minimum Gasteiger partial charge on any atom is -0.398 e. The quantitative estimate of drug-likeness (QED) is 0.603. The summed E-state index contributed by atoms with van der Waals surface area (Å²) in [6.07, 6.45) is -0.754. The van der Waals surface area contributed by atoms with Crippen molar-refractivity contribution < 1.29 is 13.5 Å². The molecule has 0 aliphatic heterocycles. The molecule has 1 aromatic carbocycles. The van der Waals surface area contributed by atoms with Crippen molar-refractivity contribution in [3.05, 3.63) is 23.8 Å². The average molecular weight is 216 g/mol. The first-order valence-electron chi connectivity index (χ1n) is 3.92. The fraction of sp³-hybridized carbons (Fsp3) is 0.250. The van der Waals surface area contributed by atoms with Gasteiger partial charge in [-0.1, -0.05) is 6.07 Å². The summed E-state index contributed by atoms with van der Waals surface area (Å²) in [6, 6.07) is 4.23. The van der Waals surface area contributed by atoms with Crippen molar-refractivity contribution in [3.63, 3.8) is 0 Å². The van der Waals surface area contributed by atoms with Crippen LogP contribution < -0.4 is 10.9 Å². The second-order valence-electron chi connectivity index (χ2n) is 3.02. The van der Waals surface area contributed by atoms with Gasteiger partial charge in [0.1, 0.15) is 4.90 Å².